The second-order valence-electron chi connectivity index (χ2n) is 7.30. The topological polar surface area (TPSA) is 72.1 Å². The highest BCUT2D eigenvalue weighted by molar-refractivity contribution is 5.94. The highest BCUT2D eigenvalue weighted by Gasteiger charge is 2.25. The van der Waals surface area contributed by atoms with E-state index in [1.54, 1.807) is 24.5 Å². The van der Waals surface area contributed by atoms with Crippen molar-refractivity contribution in [2.45, 2.75) is 25.3 Å². The molecule has 5 nitrogen and oxygen atoms in total. The van der Waals surface area contributed by atoms with E-state index in [4.69, 9.17) is 5.73 Å². The summed E-state index contributed by atoms with van der Waals surface area (Å²) in [7, 11) is 0. The molecular formula is C23H24N4O. The molecule has 1 aliphatic rings. The number of benzene rings is 2. The van der Waals surface area contributed by atoms with Gasteiger partial charge in [0, 0.05) is 42.5 Å². The molecule has 3 aromatic rings. The van der Waals surface area contributed by atoms with Crippen LogP contribution in [0.2, 0.25) is 0 Å². The lowest BCUT2D eigenvalue weighted by Crippen LogP contribution is -2.34. The molecule has 0 spiro atoms. The third-order valence-electron chi connectivity index (χ3n) is 5.29. The van der Waals surface area contributed by atoms with Crippen molar-refractivity contribution in [3.63, 3.8) is 0 Å². The Morgan fingerprint density at radius 3 is 2.71 bits per heavy atom. The minimum atomic E-state index is -0.431. The third kappa shape index (κ3) is 4.10. The summed E-state index contributed by atoms with van der Waals surface area (Å²) < 4.78 is 0. The smallest absolute Gasteiger partial charge is 0.248 e. The number of piperidine rings is 1. The molecule has 1 aliphatic heterocycles. The number of carbonyl (C=O) groups excluding carboxylic acids is 1. The van der Waals surface area contributed by atoms with E-state index in [0.29, 0.717) is 11.5 Å². The fourth-order valence-electron chi connectivity index (χ4n) is 3.95. The van der Waals surface area contributed by atoms with Crippen LogP contribution >= 0.6 is 0 Å². The van der Waals surface area contributed by atoms with Crippen molar-refractivity contribution in [1.82, 2.24) is 14.9 Å². The number of carbonyl (C=O) groups is 1. The van der Waals surface area contributed by atoms with Gasteiger partial charge >= 0.3 is 0 Å². The largest absolute Gasteiger partial charge is 0.366 e. The zero-order valence-electron chi connectivity index (χ0n) is 15.8. The lowest BCUT2D eigenvalue weighted by Gasteiger charge is -2.33. The monoisotopic (exact) mass is 372 g/mol. The number of hydrogen-bond acceptors (Lipinski definition) is 4. The number of likely N-dealkylation sites (tertiary alicyclic amines) is 1. The first-order valence-electron chi connectivity index (χ1n) is 9.68. The molecule has 0 unspecified atom stereocenters. The Balaban J connectivity index is 1.59. The minimum absolute atomic E-state index is 0.318. The lowest BCUT2D eigenvalue weighted by molar-refractivity contribution is 0.100. The number of nitrogens with two attached hydrogens (primary N) is 1. The Morgan fingerprint density at radius 2 is 1.89 bits per heavy atom. The summed E-state index contributed by atoms with van der Waals surface area (Å²) in [6.07, 6.45) is 5.69. The predicted molar refractivity (Wildman–Crippen MR) is 110 cm³/mol. The first kappa shape index (κ1) is 18.3. The molecule has 1 saturated heterocycles. The van der Waals surface area contributed by atoms with E-state index in [1.165, 1.54) is 5.56 Å². The highest BCUT2D eigenvalue weighted by Crippen LogP contribution is 2.32. The van der Waals surface area contributed by atoms with Crippen LogP contribution < -0.4 is 5.73 Å². The van der Waals surface area contributed by atoms with Crippen LogP contribution in [-0.4, -0.2) is 33.9 Å². The van der Waals surface area contributed by atoms with Gasteiger partial charge < -0.3 is 5.73 Å². The van der Waals surface area contributed by atoms with Crippen molar-refractivity contribution in [1.29, 1.82) is 0 Å². The summed E-state index contributed by atoms with van der Waals surface area (Å²) in [6, 6.07) is 17.9. The first-order valence-corrected chi connectivity index (χ1v) is 9.68. The lowest BCUT2D eigenvalue weighted by atomic mass is 9.91. The maximum absolute atomic E-state index is 11.6. The van der Waals surface area contributed by atoms with Crippen LogP contribution in [0.1, 0.15) is 40.4 Å². The van der Waals surface area contributed by atoms with E-state index in [1.807, 2.05) is 12.1 Å². The molecular weight excluding hydrogens is 348 g/mol. The molecule has 2 N–H and O–H groups in total. The second-order valence-corrected chi connectivity index (χ2v) is 7.30. The average Bonchev–Trinajstić information content (AvgIpc) is 2.75. The Labute approximate surface area is 165 Å². The van der Waals surface area contributed by atoms with E-state index in [-0.39, 0.29) is 0 Å². The molecule has 0 saturated carbocycles. The summed E-state index contributed by atoms with van der Waals surface area (Å²) in [5.74, 6) is -0.114. The van der Waals surface area contributed by atoms with E-state index in [2.05, 4.69) is 45.2 Å². The van der Waals surface area contributed by atoms with Gasteiger partial charge in [-0.1, -0.05) is 42.5 Å². The number of nitrogens with zero attached hydrogens (tertiary/aromatic N) is 3. The molecule has 5 heteroatoms. The predicted octanol–water partition coefficient (Wildman–Crippen LogP) is 3.62. The molecule has 1 atom stereocenters. The quantitative estimate of drug-likeness (QED) is 0.742. The molecule has 4 rings (SSSR count). The van der Waals surface area contributed by atoms with Crippen LogP contribution in [0, 0.1) is 0 Å². The summed E-state index contributed by atoms with van der Waals surface area (Å²) >= 11 is 0. The molecule has 1 amide bonds. The van der Waals surface area contributed by atoms with Gasteiger partial charge in [-0.25, -0.2) is 0 Å². The van der Waals surface area contributed by atoms with Crippen LogP contribution in [-0.2, 0) is 6.54 Å². The van der Waals surface area contributed by atoms with Crippen LogP contribution in [0.5, 0.6) is 0 Å². The van der Waals surface area contributed by atoms with Gasteiger partial charge in [-0.05, 0) is 37.1 Å². The van der Waals surface area contributed by atoms with Gasteiger partial charge in [0.2, 0.25) is 5.91 Å². The van der Waals surface area contributed by atoms with Crippen molar-refractivity contribution in [2.24, 2.45) is 5.73 Å². The number of rotatable bonds is 5. The van der Waals surface area contributed by atoms with Crippen molar-refractivity contribution in [2.75, 3.05) is 13.1 Å². The van der Waals surface area contributed by atoms with Crippen molar-refractivity contribution in [3.8, 4) is 11.3 Å². The normalized spacial score (nSPS) is 17.4. The second kappa shape index (κ2) is 8.31. The number of primary amides is 1. The fourth-order valence-corrected chi connectivity index (χ4v) is 3.95. The van der Waals surface area contributed by atoms with Gasteiger partial charge in [0.05, 0.1) is 11.4 Å². The van der Waals surface area contributed by atoms with Gasteiger partial charge in [-0.3, -0.25) is 19.7 Å². The summed E-state index contributed by atoms with van der Waals surface area (Å²) in [6.45, 7) is 3.00. The number of amides is 1. The third-order valence-corrected chi connectivity index (χ3v) is 5.29. The van der Waals surface area contributed by atoms with Crippen LogP contribution in [0.15, 0.2) is 67.0 Å². The average molecular weight is 372 g/mol. The molecule has 1 fully saturated rings. The molecule has 0 bridgehead atoms. The Morgan fingerprint density at radius 1 is 1.07 bits per heavy atom. The summed E-state index contributed by atoms with van der Waals surface area (Å²) in [4.78, 5) is 23.3. The molecule has 2 aromatic carbocycles. The number of aromatic nitrogens is 2. The zero-order valence-corrected chi connectivity index (χ0v) is 15.8. The van der Waals surface area contributed by atoms with Gasteiger partial charge in [0.15, 0.2) is 0 Å². The summed E-state index contributed by atoms with van der Waals surface area (Å²) in [5, 5.41) is 0. The standard InChI is InChI=1S/C23H24N4O/c24-23(28)19-9-4-8-18(14-19)21-22(26-12-11-25-21)20-10-5-13-27(16-20)15-17-6-2-1-3-7-17/h1-4,6-9,11-12,14,20H,5,10,13,15-16H2,(H2,24,28)/t20-/m0/s1. The first-order chi connectivity index (χ1) is 13.7. The van der Waals surface area contributed by atoms with Gasteiger partial charge in [0.1, 0.15) is 0 Å². The van der Waals surface area contributed by atoms with Gasteiger partial charge in [-0.2, -0.15) is 0 Å². The van der Waals surface area contributed by atoms with E-state index < -0.39 is 5.91 Å². The fraction of sp³-hybridized carbons (Fsp3) is 0.261. The Bertz CT molecular complexity index is 958. The van der Waals surface area contributed by atoms with Gasteiger partial charge in [0.25, 0.3) is 0 Å². The maximum atomic E-state index is 11.6. The SMILES string of the molecule is NC(=O)c1cccc(-c2nccnc2[C@H]2CCCN(Cc3ccccc3)C2)c1. The Hall–Kier alpha value is -3.05. The van der Waals surface area contributed by atoms with E-state index in [9.17, 15) is 4.79 Å². The minimum Gasteiger partial charge on any atom is -0.366 e. The van der Waals surface area contributed by atoms with Crippen molar-refractivity contribution in [3.05, 3.63) is 83.8 Å². The van der Waals surface area contributed by atoms with E-state index in [0.717, 1.165) is 49.4 Å². The summed E-state index contributed by atoms with van der Waals surface area (Å²) in [5.41, 5.74) is 10.0. The van der Waals surface area contributed by atoms with Crippen molar-refractivity contribution < 1.29 is 4.79 Å². The van der Waals surface area contributed by atoms with Crippen LogP contribution in [0.25, 0.3) is 11.3 Å². The van der Waals surface area contributed by atoms with E-state index >= 15 is 0 Å². The zero-order chi connectivity index (χ0) is 19.3. The Kier molecular flexibility index (Phi) is 5.44. The van der Waals surface area contributed by atoms with Crippen LogP contribution in [0.3, 0.4) is 0 Å². The molecule has 28 heavy (non-hydrogen) atoms. The molecule has 0 radical (unpaired) electrons. The molecule has 0 aliphatic carbocycles. The molecule has 142 valence electrons. The maximum Gasteiger partial charge on any atom is 0.248 e. The highest BCUT2D eigenvalue weighted by atomic mass is 16.1. The molecule has 1 aromatic heterocycles. The van der Waals surface area contributed by atoms with Crippen molar-refractivity contribution >= 4 is 5.91 Å². The molecule has 2 heterocycles. The van der Waals surface area contributed by atoms with Crippen LogP contribution in [0.4, 0.5) is 0 Å². The van der Waals surface area contributed by atoms with Gasteiger partial charge in [-0.15, -0.1) is 0 Å². The number of hydrogen-bond donors (Lipinski definition) is 1.